The van der Waals surface area contributed by atoms with E-state index in [1.165, 1.54) is 0 Å². The van der Waals surface area contributed by atoms with Gasteiger partial charge in [-0.05, 0) is 37.1 Å². The average molecular weight is 403 g/mol. The molecule has 3 heterocycles. The van der Waals surface area contributed by atoms with E-state index in [1.807, 2.05) is 42.5 Å². The molecule has 0 aliphatic carbocycles. The average Bonchev–Trinajstić information content (AvgIpc) is 3.11. The molecule has 4 aromatic rings. The van der Waals surface area contributed by atoms with E-state index < -0.39 is 0 Å². The predicted octanol–water partition coefficient (Wildman–Crippen LogP) is 3.97. The smallest absolute Gasteiger partial charge is 0.277 e. The fourth-order valence-electron chi connectivity index (χ4n) is 3.44. The van der Waals surface area contributed by atoms with E-state index in [9.17, 15) is 4.79 Å². The quantitative estimate of drug-likeness (QED) is 0.481. The first-order valence-corrected chi connectivity index (χ1v) is 10.3. The Kier molecular flexibility index (Phi) is 5.88. The molecule has 154 valence electrons. The number of fused-ring (bicyclic) bond motifs is 1. The number of H-pyrrole nitrogens is 1. The van der Waals surface area contributed by atoms with Crippen molar-refractivity contribution in [2.24, 2.45) is 0 Å². The van der Waals surface area contributed by atoms with Crippen LogP contribution in [0.2, 0.25) is 0 Å². The van der Waals surface area contributed by atoms with Crippen LogP contribution in [0.15, 0.2) is 53.5 Å². The van der Waals surface area contributed by atoms with Crippen LogP contribution in [0.4, 0.5) is 0 Å². The third-order valence-corrected chi connectivity index (χ3v) is 4.80. The van der Waals surface area contributed by atoms with E-state index >= 15 is 0 Å². The van der Waals surface area contributed by atoms with Gasteiger partial charge in [0.25, 0.3) is 5.56 Å². The molecule has 0 amide bonds. The van der Waals surface area contributed by atoms with Crippen molar-refractivity contribution in [1.82, 2.24) is 24.7 Å². The fourth-order valence-corrected chi connectivity index (χ4v) is 3.44. The second-order valence-electron chi connectivity index (χ2n) is 7.13. The Balaban J connectivity index is 1.84. The number of hydrogen-bond donors (Lipinski definition) is 1. The molecule has 0 fully saturated rings. The van der Waals surface area contributed by atoms with Gasteiger partial charge in [0.1, 0.15) is 17.1 Å². The molecule has 0 bridgehead atoms. The van der Waals surface area contributed by atoms with Crippen LogP contribution in [0.25, 0.3) is 22.4 Å². The number of aryl methyl sites for hydroxylation is 1. The van der Waals surface area contributed by atoms with E-state index in [1.54, 1.807) is 10.9 Å². The number of nitrogens with zero attached hydrogens (tertiary/aromatic N) is 4. The van der Waals surface area contributed by atoms with E-state index in [-0.39, 0.29) is 5.56 Å². The van der Waals surface area contributed by atoms with Crippen molar-refractivity contribution in [3.8, 4) is 17.1 Å². The molecule has 30 heavy (non-hydrogen) atoms. The zero-order chi connectivity index (χ0) is 20.9. The minimum absolute atomic E-state index is 0.217. The fraction of sp³-hybridized carbons (Fsp3) is 0.304. The summed E-state index contributed by atoms with van der Waals surface area (Å²) in [5, 5.41) is 4.70. The summed E-state index contributed by atoms with van der Waals surface area (Å²) in [4.78, 5) is 25.2. The van der Waals surface area contributed by atoms with Gasteiger partial charge in [0.05, 0.1) is 30.1 Å². The second kappa shape index (κ2) is 8.90. The Bertz CT molecular complexity index is 1200. The number of aromatic amines is 1. The van der Waals surface area contributed by atoms with Crippen LogP contribution >= 0.6 is 0 Å². The number of para-hydroxylation sites is 1. The zero-order valence-electron chi connectivity index (χ0n) is 17.3. The first-order valence-electron chi connectivity index (χ1n) is 10.3. The van der Waals surface area contributed by atoms with E-state index in [2.05, 4.69) is 23.8 Å². The number of aromatic nitrogens is 5. The molecule has 0 aliphatic heterocycles. The predicted molar refractivity (Wildman–Crippen MR) is 117 cm³/mol. The summed E-state index contributed by atoms with van der Waals surface area (Å²) in [6, 6.07) is 13.3. The van der Waals surface area contributed by atoms with Crippen molar-refractivity contribution >= 4 is 11.0 Å². The Hall–Kier alpha value is -3.48. The largest absolute Gasteiger partial charge is 0.493 e. The lowest BCUT2D eigenvalue weighted by Crippen LogP contribution is -2.15. The van der Waals surface area contributed by atoms with Crippen LogP contribution in [0, 0.1) is 0 Å². The van der Waals surface area contributed by atoms with Gasteiger partial charge in [0, 0.05) is 6.20 Å². The molecule has 1 N–H and O–H groups in total. The number of hydrogen-bond acceptors (Lipinski definition) is 5. The summed E-state index contributed by atoms with van der Waals surface area (Å²) in [7, 11) is 0. The molecular formula is C23H25N5O2. The van der Waals surface area contributed by atoms with Crippen molar-refractivity contribution in [2.75, 3.05) is 6.61 Å². The van der Waals surface area contributed by atoms with Gasteiger partial charge in [0.15, 0.2) is 5.52 Å². The van der Waals surface area contributed by atoms with Crippen LogP contribution in [0.1, 0.15) is 38.1 Å². The molecule has 1 aromatic carbocycles. The van der Waals surface area contributed by atoms with Crippen LogP contribution in [-0.2, 0) is 13.0 Å². The maximum Gasteiger partial charge on any atom is 0.277 e. The number of benzene rings is 1. The van der Waals surface area contributed by atoms with Crippen molar-refractivity contribution in [1.29, 1.82) is 0 Å². The highest BCUT2D eigenvalue weighted by Crippen LogP contribution is 2.28. The number of rotatable bonds is 8. The maximum absolute atomic E-state index is 13.1. The molecule has 0 saturated carbocycles. The summed E-state index contributed by atoms with van der Waals surface area (Å²) in [6.45, 7) is 5.17. The first kappa shape index (κ1) is 19.8. The van der Waals surface area contributed by atoms with Gasteiger partial charge in [-0.15, -0.1) is 0 Å². The molecule has 7 nitrogen and oxygen atoms in total. The van der Waals surface area contributed by atoms with Crippen LogP contribution in [0.5, 0.6) is 5.75 Å². The van der Waals surface area contributed by atoms with Crippen molar-refractivity contribution in [3.05, 3.63) is 70.4 Å². The first-order chi connectivity index (χ1) is 14.7. The summed E-state index contributed by atoms with van der Waals surface area (Å²) >= 11 is 0. The van der Waals surface area contributed by atoms with E-state index in [0.29, 0.717) is 35.8 Å². The Morgan fingerprint density at radius 3 is 2.67 bits per heavy atom. The molecular weight excluding hydrogens is 378 g/mol. The Morgan fingerprint density at radius 1 is 1.07 bits per heavy atom. The minimum Gasteiger partial charge on any atom is -0.493 e. The maximum atomic E-state index is 13.1. The molecule has 0 spiro atoms. The van der Waals surface area contributed by atoms with Crippen LogP contribution in [-0.4, -0.2) is 31.3 Å². The minimum atomic E-state index is -0.217. The molecule has 7 heteroatoms. The lowest BCUT2D eigenvalue weighted by molar-refractivity contribution is 0.318. The number of nitrogens with one attached hydrogen (secondary N) is 1. The lowest BCUT2D eigenvalue weighted by Gasteiger charge is -2.10. The summed E-state index contributed by atoms with van der Waals surface area (Å²) in [5.74, 6) is 1.20. The summed E-state index contributed by atoms with van der Waals surface area (Å²) in [5.41, 5.74) is 3.32. The highest BCUT2D eigenvalue weighted by Gasteiger charge is 2.18. The molecule has 0 unspecified atom stereocenters. The van der Waals surface area contributed by atoms with E-state index in [4.69, 9.17) is 14.8 Å². The highest BCUT2D eigenvalue weighted by molar-refractivity contribution is 5.79. The third kappa shape index (κ3) is 3.96. The number of pyridine rings is 1. The normalized spacial score (nSPS) is 11.1. The van der Waals surface area contributed by atoms with E-state index in [0.717, 1.165) is 36.2 Å². The molecule has 0 atom stereocenters. The monoisotopic (exact) mass is 403 g/mol. The molecule has 4 rings (SSSR count). The molecule has 3 aromatic heterocycles. The highest BCUT2D eigenvalue weighted by atomic mass is 16.5. The van der Waals surface area contributed by atoms with Crippen LogP contribution < -0.4 is 10.3 Å². The number of ether oxygens (including phenoxy) is 1. The molecule has 0 aliphatic rings. The van der Waals surface area contributed by atoms with Crippen molar-refractivity contribution in [2.45, 2.75) is 39.7 Å². The van der Waals surface area contributed by atoms with Gasteiger partial charge < -0.3 is 9.72 Å². The van der Waals surface area contributed by atoms with Gasteiger partial charge in [-0.2, -0.15) is 5.10 Å². The van der Waals surface area contributed by atoms with Crippen molar-refractivity contribution in [3.63, 3.8) is 0 Å². The molecule has 0 saturated heterocycles. The SMILES string of the molecule is CCCOc1ccccc1-c1nc2c(CCC)nn(Cc3ccccn3)c2c(=O)[nH]1. The van der Waals surface area contributed by atoms with Gasteiger partial charge >= 0.3 is 0 Å². The van der Waals surface area contributed by atoms with Crippen molar-refractivity contribution < 1.29 is 4.74 Å². The molecule has 0 radical (unpaired) electrons. The summed E-state index contributed by atoms with van der Waals surface area (Å²) < 4.78 is 7.57. The van der Waals surface area contributed by atoms with Gasteiger partial charge in [-0.3, -0.25) is 14.5 Å². The standard InChI is InChI=1S/C23H25N5O2/c1-3-9-18-20-21(28(27-18)15-16-10-7-8-13-24-16)23(29)26-22(25-20)17-11-5-6-12-19(17)30-14-4-2/h5-8,10-13H,3-4,9,14-15H2,1-2H3,(H,25,26,29). The van der Waals surface area contributed by atoms with Gasteiger partial charge in [-0.1, -0.05) is 38.5 Å². The van der Waals surface area contributed by atoms with Gasteiger partial charge in [0.2, 0.25) is 0 Å². The Morgan fingerprint density at radius 2 is 1.90 bits per heavy atom. The Labute approximate surface area is 174 Å². The zero-order valence-corrected chi connectivity index (χ0v) is 17.3. The second-order valence-corrected chi connectivity index (χ2v) is 7.13. The lowest BCUT2D eigenvalue weighted by atomic mass is 10.1. The summed E-state index contributed by atoms with van der Waals surface area (Å²) in [6.07, 6.45) is 4.30. The topological polar surface area (TPSA) is 85.7 Å². The third-order valence-electron chi connectivity index (χ3n) is 4.80. The van der Waals surface area contributed by atoms with Crippen LogP contribution in [0.3, 0.4) is 0 Å². The van der Waals surface area contributed by atoms with Gasteiger partial charge in [-0.25, -0.2) is 4.98 Å².